The third-order valence-electron chi connectivity index (χ3n) is 3.21. The van der Waals surface area contributed by atoms with E-state index in [0.717, 1.165) is 25.8 Å². The lowest BCUT2D eigenvalue weighted by Gasteiger charge is -2.37. The molecule has 0 radical (unpaired) electrons. The van der Waals surface area contributed by atoms with Gasteiger partial charge in [-0.05, 0) is 33.4 Å². The van der Waals surface area contributed by atoms with Crippen molar-refractivity contribution in [3.05, 3.63) is 0 Å². The summed E-state index contributed by atoms with van der Waals surface area (Å²) in [6.45, 7) is 6.97. The summed E-state index contributed by atoms with van der Waals surface area (Å²) in [6, 6.07) is 0.673. The number of hydrogen-bond donors (Lipinski definition) is 2. The number of nitrogens with two attached hydrogens (primary N) is 1. The van der Waals surface area contributed by atoms with Gasteiger partial charge in [0.15, 0.2) is 0 Å². The second kappa shape index (κ2) is 6.08. The van der Waals surface area contributed by atoms with Crippen LogP contribution in [-0.2, 0) is 0 Å². The number of rotatable bonds is 5. The first-order chi connectivity index (χ1) is 7.09. The van der Waals surface area contributed by atoms with Crippen molar-refractivity contribution in [2.75, 3.05) is 33.2 Å². The normalized spacial score (nSPS) is 24.3. The zero-order valence-electron chi connectivity index (χ0n) is 10.00. The Morgan fingerprint density at radius 1 is 1.40 bits per heavy atom. The second-order valence-corrected chi connectivity index (χ2v) is 4.61. The summed E-state index contributed by atoms with van der Waals surface area (Å²) in [4.78, 5) is 4.93. The maximum atomic E-state index is 7.13. The minimum Gasteiger partial charge on any atom is -0.388 e. The number of amidine groups is 1. The van der Waals surface area contributed by atoms with Crippen LogP contribution in [0.1, 0.15) is 26.2 Å². The molecule has 1 rings (SSSR count). The summed E-state index contributed by atoms with van der Waals surface area (Å²) in [6.07, 6.45) is 2.97. The summed E-state index contributed by atoms with van der Waals surface area (Å²) in [5.74, 6) is 0.321. The minimum atomic E-state index is 0.321. The zero-order chi connectivity index (χ0) is 11.3. The molecule has 1 fully saturated rings. The van der Waals surface area contributed by atoms with Gasteiger partial charge >= 0.3 is 0 Å². The van der Waals surface area contributed by atoms with E-state index in [9.17, 15) is 0 Å². The van der Waals surface area contributed by atoms with Gasteiger partial charge in [-0.25, -0.2) is 0 Å². The summed E-state index contributed by atoms with van der Waals surface area (Å²) in [5, 5.41) is 7.13. The van der Waals surface area contributed by atoms with Crippen LogP contribution in [0.3, 0.4) is 0 Å². The molecule has 0 aromatic rings. The van der Waals surface area contributed by atoms with Crippen LogP contribution in [0.2, 0.25) is 0 Å². The number of piperazine rings is 1. The molecular formula is C11H24N4. The van der Waals surface area contributed by atoms with Crippen LogP contribution < -0.4 is 5.73 Å². The van der Waals surface area contributed by atoms with Crippen LogP contribution >= 0.6 is 0 Å². The first-order valence-corrected chi connectivity index (χ1v) is 5.85. The van der Waals surface area contributed by atoms with E-state index >= 15 is 0 Å². The van der Waals surface area contributed by atoms with Gasteiger partial charge in [0, 0.05) is 32.1 Å². The van der Waals surface area contributed by atoms with E-state index in [1.807, 2.05) is 0 Å². The van der Waals surface area contributed by atoms with E-state index in [1.54, 1.807) is 0 Å². The molecule has 88 valence electrons. The fourth-order valence-corrected chi connectivity index (χ4v) is 1.98. The van der Waals surface area contributed by atoms with Crippen molar-refractivity contribution in [1.82, 2.24) is 9.80 Å². The Hall–Kier alpha value is -0.610. The van der Waals surface area contributed by atoms with Crippen LogP contribution in [0.15, 0.2) is 0 Å². The first-order valence-electron chi connectivity index (χ1n) is 5.85. The maximum absolute atomic E-state index is 7.13. The summed E-state index contributed by atoms with van der Waals surface area (Å²) >= 11 is 0. The van der Waals surface area contributed by atoms with E-state index in [2.05, 4.69) is 23.8 Å². The van der Waals surface area contributed by atoms with Gasteiger partial charge in [-0.1, -0.05) is 0 Å². The van der Waals surface area contributed by atoms with Crippen LogP contribution in [-0.4, -0.2) is 54.9 Å². The molecule has 0 saturated carbocycles. The molecule has 1 unspecified atom stereocenters. The highest BCUT2D eigenvalue weighted by Crippen LogP contribution is 2.08. The smallest absolute Gasteiger partial charge is 0.0905 e. The predicted octanol–water partition coefficient (Wildman–Crippen LogP) is 0.729. The first kappa shape index (κ1) is 12.5. The molecule has 0 spiro atoms. The van der Waals surface area contributed by atoms with Gasteiger partial charge < -0.3 is 15.5 Å². The average Bonchev–Trinajstić information content (AvgIpc) is 2.18. The summed E-state index contributed by atoms with van der Waals surface area (Å²) in [5.41, 5.74) is 5.31. The highest BCUT2D eigenvalue weighted by atomic mass is 15.3. The highest BCUT2D eigenvalue weighted by molar-refractivity contribution is 5.76. The number of nitrogens with one attached hydrogen (secondary N) is 1. The summed E-state index contributed by atoms with van der Waals surface area (Å²) in [7, 11) is 2.19. The topological polar surface area (TPSA) is 56.4 Å². The monoisotopic (exact) mass is 212 g/mol. The van der Waals surface area contributed by atoms with Gasteiger partial charge in [0.25, 0.3) is 0 Å². The van der Waals surface area contributed by atoms with E-state index in [0.29, 0.717) is 11.9 Å². The Morgan fingerprint density at radius 3 is 2.73 bits per heavy atom. The van der Waals surface area contributed by atoms with Gasteiger partial charge in [0.1, 0.15) is 0 Å². The van der Waals surface area contributed by atoms with Crippen LogP contribution in [0, 0.1) is 5.41 Å². The number of likely N-dealkylation sites (N-methyl/N-ethyl adjacent to an activating group) is 1. The molecule has 1 aliphatic rings. The minimum absolute atomic E-state index is 0.321. The molecule has 1 atom stereocenters. The molecule has 1 heterocycles. The number of nitrogens with zero attached hydrogens (tertiary/aromatic N) is 2. The SMILES string of the molecule is CC1CN(CCCCC(=N)N)CCN1C. The molecule has 1 aliphatic heterocycles. The van der Waals surface area contributed by atoms with Crippen LogP contribution in [0.25, 0.3) is 0 Å². The lowest BCUT2D eigenvalue weighted by molar-refractivity contribution is 0.104. The maximum Gasteiger partial charge on any atom is 0.0905 e. The van der Waals surface area contributed by atoms with Gasteiger partial charge in [0.05, 0.1) is 5.84 Å². The van der Waals surface area contributed by atoms with E-state index < -0.39 is 0 Å². The van der Waals surface area contributed by atoms with E-state index in [-0.39, 0.29) is 0 Å². The molecule has 0 bridgehead atoms. The van der Waals surface area contributed by atoms with Gasteiger partial charge in [-0.15, -0.1) is 0 Å². The molecule has 0 aromatic heterocycles. The average molecular weight is 212 g/mol. The van der Waals surface area contributed by atoms with Crippen LogP contribution in [0.5, 0.6) is 0 Å². The van der Waals surface area contributed by atoms with Gasteiger partial charge in [-0.3, -0.25) is 5.41 Å². The van der Waals surface area contributed by atoms with E-state index in [4.69, 9.17) is 11.1 Å². The standard InChI is InChI=1S/C11H24N4/c1-10-9-15(8-7-14(10)2)6-4-3-5-11(12)13/h10H,3-9H2,1-2H3,(H3,12,13). The molecule has 0 amide bonds. The Kier molecular flexibility index (Phi) is 5.05. The fourth-order valence-electron chi connectivity index (χ4n) is 1.98. The van der Waals surface area contributed by atoms with Crippen molar-refractivity contribution >= 4 is 5.84 Å². The van der Waals surface area contributed by atoms with E-state index in [1.165, 1.54) is 19.6 Å². The highest BCUT2D eigenvalue weighted by Gasteiger charge is 2.19. The Balaban J connectivity index is 2.09. The Bertz CT molecular complexity index is 205. The molecule has 0 aromatic carbocycles. The van der Waals surface area contributed by atoms with Crippen LogP contribution in [0.4, 0.5) is 0 Å². The van der Waals surface area contributed by atoms with Crippen molar-refractivity contribution in [1.29, 1.82) is 5.41 Å². The van der Waals surface area contributed by atoms with Gasteiger partial charge in [-0.2, -0.15) is 0 Å². The van der Waals surface area contributed by atoms with Crippen molar-refractivity contribution in [3.8, 4) is 0 Å². The summed E-state index contributed by atoms with van der Waals surface area (Å²) < 4.78 is 0. The Morgan fingerprint density at radius 2 is 2.13 bits per heavy atom. The predicted molar refractivity (Wildman–Crippen MR) is 64.3 cm³/mol. The second-order valence-electron chi connectivity index (χ2n) is 4.61. The number of unbranched alkanes of at least 4 members (excludes halogenated alkanes) is 1. The fraction of sp³-hybridized carbons (Fsp3) is 0.909. The van der Waals surface area contributed by atoms with Crippen molar-refractivity contribution in [3.63, 3.8) is 0 Å². The Labute approximate surface area is 92.9 Å². The largest absolute Gasteiger partial charge is 0.388 e. The van der Waals surface area contributed by atoms with Crippen molar-refractivity contribution < 1.29 is 0 Å². The van der Waals surface area contributed by atoms with Crippen molar-refractivity contribution in [2.24, 2.45) is 5.73 Å². The lowest BCUT2D eigenvalue weighted by Crippen LogP contribution is -2.50. The third kappa shape index (κ3) is 4.62. The molecule has 1 saturated heterocycles. The number of hydrogen-bond acceptors (Lipinski definition) is 3. The van der Waals surface area contributed by atoms with Gasteiger partial charge in [0.2, 0.25) is 0 Å². The molecule has 0 aliphatic carbocycles. The third-order valence-corrected chi connectivity index (χ3v) is 3.21. The molecule has 4 nitrogen and oxygen atoms in total. The molecule has 3 N–H and O–H groups in total. The molecule has 15 heavy (non-hydrogen) atoms. The lowest BCUT2D eigenvalue weighted by atomic mass is 10.1. The molecule has 4 heteroatoms. The quantitative estimate of drug-likeness (QED) is 0.401. The zero-order valence-corrected chi connectivity index (χ0v) is 10.00. The van der Waals surface area contributed by atoms with Crippen molar-refractivity contribution in [2.45, 2.75) is 32.2 Å². The molecular weight excluding hydrogens is 188 g/mol.